The number of thiophene rings is 1. The van der Waals surface area contributed by atoms with Crippen LogP contribution in [-0.4, -0.2) is 0 Å². The second kappa shape index (κ2) is 5.19. The first-order chi connectivity index (χ1) is 10.4. The Kier molecular flexibility index (Phi) is 3.06. The van der Waals surface area contributed by atoms with E-state index in [9.17, 15) is 0 Å². The van der Waals surface area contributed by atoms with E-state index in [1.165, 1.54) is 31.7 Å². The zero-order valence-corrected chi connectivity index (χ0v) is 12.3. The predicted octanol–water partition coefficient (Wildman–Crippen LogP) is 6.24. The Morgan fingerprint density at radius 3 is 1.90 bits per heavy atom. The molecule has 0 aliphatic heterocycles. The molecular weight excluding hydrogens is 272 g/mol. The molecule has 0 fully saturated rings. The van der Waals surface area contributed by atoms with Gasteiger partial charge >= 0.3 is 0 Å². The summed E-state index contributed by atoms with van der Waals surface area (Å²) in [6.07, 6.45) is 0. The fraction of sp³-hybridized carbons (Fsp3) is 0. The number of rotatable bonds is 2. The molecule has 4 rings (SSSR count). The fourth-order valence-corrected chi connectivity index (χ4v) is 3.65. The maximum absolute atomic E-state index is 2.29. The third-order valence-corrected chi connectivity index (χ3v) is 4.85. The lowest BCUT2D eigenvalue weighted by atomic mass is 10.0. The molecule has 0 N–H and O–H groups in total. The van der Waals surface area contributed by atoms with Crippen molar-refractivity contribution in [1.82, 2.24) is 0 Å². The van der Waals surface area contributed by atoms with Crippen LogP contribution in [0.4, 0.5) is 0 Å². The number of benzene rings is 3. The molecule has 4 aromatic rings. The molecule has 0 saturated heterocycles. The largest absolute Gasteiger partial charge is 0.135 e. The second-order valence-electron chi connectivity index (χ2n) is 5.10. The monoisotopic (exact) mass is 286 g/mol. The van der Waals surface area contributed by atoms with Gasteiger partial charge in [-0.2, -0.15) is 0 Å². The van der Waals surface area contributed by atoms with E-state index in [0.29, 0.717) is 0 Å². The predicted molar refractivity (Wildman–Crippen MR) is 92.7 cm³/mol. The molecule has 0 amide bonds. The molecule has 0 nitrogen and oxygen atoms in total. The van der Waals surface area contributed by atoms with Crippen LogP contribution < -0.4 is 0 Å². The minimum absolute atomic E-state index is 1.27. The zero-order chi connectivity index (χ0) is 14.1. The van der Waals surface area contributed by atoms with Gasteiger partial charge in [-0.05, 0) is 40.3 Å². The van der Waals surface area contributed by atoms with Crippen LogP contribution in [0.3, 0.4) is 0 Å². The lowest BCUT2D eigenvalue weighted by molar-refractivity contribution is 1.65. The second-order valence-corrected chi connectivity index (χ2v) is 6.18. The Labute approximate surface area is 128 Å². The van der Waals surface area contributed by atoms with Gasteiger partial charge in [0.2, 0.25) is 0 Å². The van der Waals surface area contributed by atoms with Gasteiger partial charge in [-0.1, -0.05) is 66.7 Å². The third-order valence-electron chi connectivity index (χ3n) is 3.68. The van der Waals surface area contributed by atoms with Crippen molar-refractivity contribution in [1.29, 1.82) is 0 Å². The number of hydrogen-bond acceptors (Lipinski definition) is 1. The third kappa shape index (κ3) is 2.37. The van der Waals surface area contributed by atoms with E-state index in [4.69, 9.17) is 0 Å². The first kappa shape index (κ1) is 12.4. The summed E-state index contributed by atoms with van der Waals surface area (Å²) in [5.74, 6) is 0. The molecule has 0 bridgehead atoms. The highest BCUT2D eigenvalue weighted by Crippen LogP contribution is 2.35. The zero-order valence-electron chi connectivity index (χ0n) is 11.5. The minimum Gasteiger partial charge on any atom is -0.135 e. The van der Waals surface area contributed by atoms with Gasteiger partial charge < -0.3 is 0 Å². The van der Waals surface area contributed by atoms with Crippen LogP contribution in [0.15, 0.2) is 84.9 Å². The normalized spacial score (nSPS) is 10.9. The molecule has 1 heterocycles. The summed E-state index contributed by atoms with van der Waals surface area (Å²) in [5, 5.41) is 1.32. The van der Waals surface area contributed by atoms with Crippen LogP contribution in [0.2, 0.25) is 0 Å². The highest BCUT2D eigenvalue weighted by molar-refractivity contribution is 7.22. The van der Waals surface area contributed by atoms with Gasteiger partial charge in [-0.3, -0.25) is 0 Å². The summed E-state index contributed by atoms with van der Waals surface area (Å²) < 4.78 is 1.34. The van der Waals surface area contributed by atoms with Crippen molar-refractivity contribution < 1.29 is 0 Å². The molecule has 3 aromatic carbocycles. The average Bonchev–Trinajstić information content (AvgIpc) is 2.99. The van der Waals surface area contributed by atoms with Gasteiger partial charge in [0.25, 0.3) is 0 Å². The minimum atomic E-state index is 1.27. The maximum Gasteiger partial charge on any atom is 0.0355 e. The molecule has 1 heteroatoms. The number of fused-ring (bicyclic) bond motifs is 1. The van der Waals surface area contributed by atoms with Gasteiger partial charge in [0.05, 0.1) is 0 Å². The van der Waals surface area contributed by atoms with Crippen LogP contribution in [0.5, 0.6) is 0 Å². The van der Waals surface area contributed by atoms with Crippen molar-refractivity contribution >= 4 is 21.4 Å². The summed E-state index contributed by atoms with van der Waals surface area (Å²) in [6, 6.07) is 30.1. The van der Waals surface area contributed by atoms with E-state index < -0.39 is 0 Å². The SMILES string of the molecule is c1ccc(-c2ccc3sc(-c4ccccc4)cc3c2)cc1. The van der Waals surface area contributed by atoms with Crippen LogP contribution in [-0.2, 0) is 0 Å². The summed E-state index contributed by atoms with van der Waals surface area (Å²) in [4.78, 5) is 1.33. The summed E-state index contributed by atoms with van der Waals surface area (Å²) in [6.45, 7) is 0. The van der Waals surface area contributed by atoms with E-state index in [2.05, 4.69) is 84.9 Å². The van der Waals surface area contributed by atoms with Crippen molar-refractivity contribution in [3.05, 3.63) is 84.9 Å². The lowest BCUT2D eigenvalue weighted by Gasteiger charge is -2.00. The van der Waals surface area contributed by atoms with Crippen LogP contribution in [0.1, 0.15) is 0 Å². The Morgan fingerprint density at radius 2 is 1.19 bits per heavy atom. The van der Waals surface area contributed by atoms with E-state index >= 15 is 0 Å². The maximum atomic E-state index is 2.29. The number of hydrogen-bond donors (Lipinski definition) is 0. The molecule has 0 radical (unpaired) electrons. The summed E-state index contributed by atoms with van der Waals surface area (Å²) >= 11 is 1.85. The first-order valence-electron chi connectivity index (χ1n) is 7.04. The molecule has 0 aliphatic carbocycles. The highest BCUT2D eigenvalue weighted by atomic mass is 32.1. The van der Waals surface area contributed by atoms with Crippen LogP contribution in [0.25, 0.3) is 31.7 Å². The Morgan fingerprint density at radius 1 is 0.524 bits per heavy atom. The van der Waals surface area contributed by atoms with Crippen LogP contribution in [0, 0.1) is 0 Å². The van der Waals surface area contributed by atoms with Crippen molar-refractivity contribution in [2.75, 3.05) is 0 Å². The van der Waals surface area contributed by atoms with Crippen molar-refractivity contribution in [2.45, 2.75) is 0 Å². The molecule has 21 heavy (non-hydrogen) atoms. The topological polar surface area (TPSA) is 0 Å². The van der Waals surface area contributed by atoms with E-state index in [0.717, 1.165) is 0 Å². The molecule has 100 valence electrons. The smallest absolute Gasteiger partial charge is 0.0355 e. The van der Waals surface area contributed by atoms with E-state index in [-0.39, 0.29) is 0 Å². The van der Waals surface area contributed by atoms with Gasteiger partial charge in [0, 0.05) is 9.58 Å². The molecule has 0 atom stereocenters. The molecule has 0 aliphatic rings. The highest BCUT2D eigenvalue weighted by Gasteiger charge is 2.05. The molecule has 0 unspecified atom stereocenters. The summed E-state index contributed by atoms with van der Waals surface area (Å²) in [7, 11) is 0. The summed E-state index contributed by atoms with van der Waals surface area (Å²) in [5.41, 5.74) is 3.84. The molecular formula is C20H14S. The lowest BCUT2D eigenvalue weighted by Crippen LogP contribution is -1.75. The molecule has 0 spiro atoms. The van der Waals surface area contributed by atoms with Crippen molar-refractivity contribution in [3.8, 4) is 21.6 Å². The Hall–Kier alpha value is -2.38. The van der Waals surface area contributed by atoms with Crippen molar-refractivity contribution in [2.24, 2.45) is 0 Å². The fourth-order valence-electron chi connectivity index (χ4n) is 2.60. The Balaban J connectivity index is 1.82. The average molecular weight is 286 g/mol. The van der Waals surface area contributed by atoms with E-state index in [1.807, 2.05) is 11.3 Å². The quantitative estimate of drug-likeness (QED) is 0.409. The van der Waals surface area contributed by atoms with Gasteiger partial charge in [0.1, 0.15) is 0 Å². The van der Waals surface area contributed by atoms with Crippen molar-refractivity contribution in [3.63, 3.8) is 0 Å². The van der Waals surface area contributed by atoms with Gasteiger partial charge in [-0.15, -0.1) is 11.3 Å². The van der Waals surface area contributed by atoms with Gasteiger partial charge in [0.15, 0.2) is 0 Å². The molecule has 1 aromatic heterocycles. The van der Waals surface area contributed by atoms with Gasteiger partial charge in [-0.25, -0.2) is 0 Å². The first-order valence-corrected chi connectivity index (χ1v) is 7.86. The Bertz CT molecular complexity index is 836. The van der Waals surface area contributed by atoms with Crippen LogP contribution >= 0.6 is 11.3 Å². The standard InChI is InChI=1S/C20H14S/c1-3-7-15(8-4-1)17-11-12-19-18(13-17)14-20(21-19)16-9-5-2-6-10-16/h1-14H. The molecule has 0 saturated carbocycles. The van der Waals surface area contributed by atoms with E-state index in [1.54, 1.807) is 0 Å².